The van der Waals surface area contributed by atoms with E-state index in [0.29, 0.717) is 30.3 Å². The summed E-state index contributed by atoms with van der Waals surface area (Å²) in [6, 6.07) is 13.7. The molecule has 0 spiro atoms. The number of nitrogens with one attached hydrogen (secondary N) is 2. The van der Waals surface area contributed by atoms with E-state index in [9.17, 15) is 4.79 Å². The van der Waals surface area contributed by atoms with Gasteiger partial charge in [0.15, 0.2) is 5.75 Å². The van der Waals surface area contributed by atoms with Crippen LogP contribution in [0.3, 0.4) is 0 Å². The van der Waals surface area contributed by atoms with E-state index in [2.05, 4.69) is 31.2 Å². The number of nitrogens with two attached hydrogens (primary N) is 1. The number of H-pyrrole nitrogens is 1. The van der Waals surface area contributed by atoms with Crippen molar-refractivity contribution in [3.63, 3.8) is 0 Å². The van der Waals surface area contributed by atoms with Crippen molar-refractivity contribution in [2.45, 2.75) is 6.54 Å². The molecule has 4 N–H and O–H groups in total. The summed E-state index contributed by atoms with van der Waals surface area (Å²) in [7, 11) is 0. The van der Waals surface area contributed by atoms with Crippen LogP contribution in [0.5, 0.6) is 5.75 Å². The molecule has 29 heavy (non-hydrogen) atoms. The number of hydrogen-bond acceptors (Lipinski definition) is 5. The number of benzene rings is 1. The van der Waals surface area contributed by atoms with Gasteiger partial charge in [-0.25, -0.2) is 4.98 Å². The van der Waals surface area contributed by atoms with Gasteiger partial charge in [-0.15, -0.1) is 11.3 Å². The first-order chi connectivity index (χ1) is 14.2. The van der Waals surface area contributed by atoms with Crippen LogP contribution in [0.25, 0.3) is 21.5 Å². The average molecular weight is 471 g/mol. The van der Waals surface area contributed by atoms with Crippen molar-refractivity contribution in [3.8, 4) is 16.2 Å². The predicted octanol–water partition coefficient (Wildman–Crippen LogP) is 4.32. The molecule has 1 amide bonds. The number of fused-ring (bicyclic) bond motifs is 1. The number of nitrogens with zero attached hydrogens (tertiary/aromatic N) is 1. The Morgan fingerprint density at radius 1 is 1.24 bits per heavy atom. The number of carbonyl (C=O) groups is 1. The van der Waals surface area contributed by atoms with E-state index in [-0.39, 0.29) is 5.91 Å². The number of ether oxygens (including phenoxy) is 1. The molecule has 1 aromatic carbocycles. The number of rotatable bonds is 7. The number of aromatic amines is 1. The van der Waals surface area contributed by atoms with Gasteiger partial charge < -0.3 is 20.8 Å². The Balaban J connectivity index is 1.70. The maximum atomic E-state index is 13.0. The Bertz CT molecular complexity index is 1140. The average Bonchev–Trinajstić information content (AvgIpc) is 3.36. The summed E-state index contributed by atoms with van der Waals surface area (Å²) >= 11 is 5.03. The van der Waals surface area contributed by atoms with E-state index in [1.54, 1.807) is 6.20 Å². The molecule has 8 heteroatoms. The fourth-order valence-electron chi connectivity index (χ4n) is 3.03. The molecule has 0 aliphatic rings. The number of hydrogen-bond donors (Lipinski definition) is 3. The maximum absolute atomic E-state index is 13.0. The predicted molar refractivity (Wildman–Crippen MR) is 119 cm³/mol. The Kier molecular flexibility index (Phi) is 5.94. The van der Waals surface area contributed by atoms with Crippen molar-refractivity contribution in [1.29, 1.82) is 0 Å². The Morgan fingerprint density at radius 3 is 2.86 bits per heavy atom. The highest BCUT2D eigenvalue weighted by molar-refractivity contribution is 9.10. The van der Waals surface area contributed by atoms with Gasteiger partial charge in [0.1, 0.15) is 17.1 Å². The van der Waals surface area contributed by atoms with Gasteiger partial charge in [-0.2, -0.15) is 0 Å². The molecule has 4 rings (SSSR count). The third kappa shape index (κ3) is 4.05. The van der Waals surface area contributed by atoms with E-state index in [1.807, 2.05) is 48.7 Å². The summed E-state index contributed by atoms with van der Waals surface area (Å²) in [5, 5.41) is 3.96. The van der Waals surface area contributed by atoms with E-state index >= 15 is 0 Å². The Labute approximate surface area is 180 Å². The molecule has 3 heterocycles. The third-order valence-electron chi connectivity index (χ3n) is 4.38. The van der Waals surface area contributed by atoms with Gasteiger partial charge in [-0.05, 0) is 33.6 Å². The Hall–Kier alpha value is -2.68. The van der Waals surface area contributed by atoms with Crippen molar-refractivity contribution >= 4 is 44.2 Å². The zero-order chi connectivity index (χ0) is 20.2. The minimum atomic E-state index is -0.183. The van der Waals surface area contributed by atoms with Crippen molar-refractivity contribution in [1.82, 2.24) is 15.3 Å². The molecule has 6 nitrogen and oxygen atoms in total. The fourth-order valence-corrected chi connectivity index (χ4v) is 5.02. The lowest BCUT2D eigenvalue weighted by Gasteiger charge is -2.08. The van der Waals surface area contributed by atoms with Gasteiger partial charge in [0.05, 0.1) is 9.35 Å². The molecule has 0 unspecified atom stereocenters. The summed E-state index contributed by atoms with van der Waals surface area (Å²) in [6.45, 7) is 1.13. The summed E-state index contributed by atoms with van der Waals surface area (Å²) in [5.74, 6) is 0.332. The van der Waals surface area contributed by atoms with E-state index < -0.39 is 0 Å². The van der Waals surface area contributed by atoms with Gasteiger partial charge >= 0.3 is 0 Å². The van der Waals surface area contributed by atoms with Crippen molar-refractivity contribution < 1.29 is 9.53 Å². The van der Waals surface area contributed by atoms with Gasteiger partial charge in [0.2, 0.25) is 0 Å². The molecule has 0 saturated heterocycles. The summed E-state index contributed by atoms with van der Waals surface area (Å²) in [5.41, 5.74) is 8.42. The minimum Gasteiger partial charge on any atom is -0.489 e. The van der Waals surface area contributed by atoms with Crippen LogP contribution >= 0.6 is 27.3 Å². The molecule has 0 fully saturated rings. The van der Waals surface area contributed by atoms with Crippen LogP contribution in [0.2, 0.25) is 0 Å². The molecule has 0 bridgehead atoms. The number of carbonyl (C=O) groups excluding carboxylic acids is 1. The molecule has 0 atom stereocenters. The van der Waals surface area contributed by atoms with Crippen LogP contribution in [0.4, 0.5) is 0 Å². The smallest absolute Gasteiger partial charge is 0.265 e. The fraction of sp³-hybridized carbons (Fsp3) is 0.143. The largest absolute Gasteiger partial charge is 0.489 e. The van der Waals surface area contributed by atoms with Crippen LogP contribution in [0, 0.1) is 0 Å². The lowest BCUT2D eigenvalue weighted by molar-refractivity contribution is 0.0951. The standard InChI is InChI=1S/C21H19BrN4O2S/c22-16-17(28-11-8-23)19(21(27)26-12-13-4-2-1-3-5-13)29-18(16)14-6-9-24-20-15(14)7-10-25-20/h1-7,9-10H,8,11-12,23H2,(H,24,25)(H,26,27). The number of halogens is 1. The van der Waals surface area contributed by atoms with E-state index in [4.69, 9.17) is 10.5 Å². The molecular formula is C21H19BrN4O2S. The first-order valence-electron chi connectivity index (χ1n) is 9.08. The van der Waals surface area contributed by atoms with Crippen molar-refractivity contribution in [2.24, 2.45) is 5.73 Å². The highest BCUT2D eigenvalue weighted by atomic mass is 79.9. The monoisotopic (exact) mass is 470 g/mol. The van der Waals surface area contributed by atoms with Crippen LogP contribution < -0.4 is 15.8 Å². The lowest BCUT2D eigenvalue weighted by atomic mass is 10.1. The van der Waals surface area contributed by atoms with Crippen LogP contribution in [0.15, 0.2) is 59.3 Å². The molecular weight excluding hydrogens is 452 g/mol. The summed E-state index contributed by atoms with van der Waals surface area (Å²) < 4.78 is 6.59. The lowest BCUT2D eigenvalue weighted by Crippen LogP contribution is -2.22. The normalized spacial score (nSPS) is 11.0. The van der Waals surface area contributed by atoms with Gasteiger partial charge in [-0.3, -0.25) is 4.79 Å². The Morgan fingerprint density at radius 2 is 2.07 bits per heavy atom. The summed E-state index contributed by atoms with van der Waals surface area (Å²) in [4.78, 5) is 21.8. The summed E-state index contributed by atoms with van der Waals surface area (Å²) in [6.07, 6.45) is 3.60. The van der Waals surface area contributed by atoms with Crippen LogP contribution in [0.1, 0.15) is 15.2 Å². The van der Waals surface area contributed by atoms with Crippen molar-refractivity contribution in [2.75, 3.05) is 13.2 Å². The highest BCUT2D eigenvalue weighted by Gasteiger charge is 2.25. The molecule has 0 aliphatic carbocycles. The molecule has 3 aromatic heterocycles. The number of aromatic nitrogens is 2. The second-order valence-electron chi connectivity index (χ2n) is 6.31. The topological polar surface area (TPSA) is 93.0 Å². The zero-order valence-electron chi connectivity index (χ0n) is 15.4. The highest BCUT2D eigenvalue weighted by Crippen LogP contribution is 2.47. The second-order valence-corrected chi connectivity index (χ2v) is 8.12. The minimum absolute atomic E-state index is 0.183. The quantitative estimate of drug-likeness (QED) is 0.374. The third-order valence-corrected chi connectivity index (χ3v) is 6.60. The number of amides is 1. The first kappa shape index (κ1) is 19.6. The van der Waals surface area contributed by atoms with Crippen LogP contribution in [-0.4, -0.2) is 29.0 Å². The van der Waals surface area contributed by atoms with Gasteiger partial charge in [0.25, 0.3) is 5.91 Å². The molecule has 0 aliphatic heterocycles. The second kappa shape index (κ2) is 8.77. The molecule has 4 aromatic rings. The molecule has 148 valence electrons. The van der Waals surface area contributed by atoms with Crippen molar-refractivity contribution in [3.05, 3.63) is 69.8 Å². The first-order valence-corrected chi connectivity index (χ1v) is 10.7. The molecule has 0 radical (unpaired) electrons. The van der Waals surface area contributed by atoms with Crippen LogP contribution in [-0.2, 0) is 6.54 Å². The van der Waals surface area contributed by atoms with Gasteiger partial charge in [0, 0.05) is 36.4 Å². The zero-order valence-corrected chi connectivity index (χ0v) is 17.8. The van der Waals surface area contributed by atoms with E-state index in [1.165, 1.54) is 11.3 Å². The number of thiophene rings is 1. The van der Waals surface area contributed by atoms with E-state index in [0.717, 1.165) is 31.5 Å². The molecule has 0 saturated carbocycles. The van der Waals surface area contributed by atoms with Gasteiger partial charge in [-0.1, -0.05) is 30.3 Å². The maximum Gasteiger partial charge on any atom is 0.265 e. The number of pyridine rings is 1. The SMILES string of the molecule is NCCOc1c(C(=O)NCc2ccccc2)sc(-c2ccnc3[nH]ccc23)c1Br.